The molecule has 3 aliphatic rings. The van der Waals surface area contributed by atoms with Crippen LogP contribution in [-0.2, 0) is 19.2 Å². The first kappa shape index (κ1) is 14.8. The van der Waals surface area contributed by atoms with Crippen molar-refractivity contribution in [2.45, 2.75) is 64.4 Å². The molecule has 0 spiro atoms. The van der Waals surface area contributed by atoms with Gasteiger partial charge in [0.05, 0.1) is 19.8 Å². The summed E-state index contributed by atoms with van der Waals surface area (Å²) in [6, 6.07) is 0. The molecule has 3 fully saturated rings. The molecule has 0 radical (unpaired) electrons. The van der Waals surface area contributed by atoms with E-state index in [0.29, 0.717) is 23.7 Å². The molecule has 1 aliphatic carbocycles. The Morgan fingerprint density at radius 3 is 2.40 bits per heavy atom. The van der Waals surface area contributed by atoms with E-state index in [0.717, 1.165) is 19.4 Å². The second-order valence-electron chi connectivity index (χ2n) is 7.04. The van der Waals surface area contributed by atoms with Crippen LogP contribution in [0.5, 0.6) is 0 Å². The van der Waals surface area contributed by atoms with E-state index in [-0.39, 0.29) is 12.4 Å². The Hall–Kier alpha value is -0.160. The van der Waals surface area contributed by atoms with Crippen molar-refractivity contribution < 1.29 is 19.2 Å². The Morgan fingerprint density at radius 1 is 0.950 bits per heavy atom. The van der Waals surface area contributed by atoms with Gasteiger partial charge in [-0.15, -0.1) is 0 Å². The Labute approximate surface area is 122 Å². The molecule has 0 aromatic heterocycles. The van der Waals surface area contributed by atoms with E-state index in [2.05, 4.69) is 20.8 Å². The third-order valence-corrected chi connectivity index (χ3v) is 5.81. The molecule has 0 N–H and O–H groups in total. The lowest BCUT2D eigenvalue weighted by molar-refractivity contribution is -0.445. The van der Waals surface area contributed by atoms with Crippen LogP contribution in [-0.4, -0.2) is 31.7 Å². The van der Waals surface area contributed by atoms with Crippen LogP contribution < -0.4 is 0 Å². The highest BCUT2D eigenvalue weighted by molar-refractivity contribution is 5.06. The van der Waals surface area contributed by atoms with E-state index in [1.54, 1.807) is 7.11 Å². The van der Waals surface area contributed by atoms with Crippen molar-refractivity contribution in [1.82, 2.24) is 0 Å². The summed E-state index contributed by atoms with van der Waals surface area (Å²) in [5.74, 6) is 2.05. The summed E-state index contributed by atoms with van der Waals surface area (Å²) in [6.07, 6.45) is 4.60. The first-order chi connectivity index (χ1) is 9.59. The SMILES string of the molecule is COO[C@@]12C3CCC(C)O[C@H]1OCC(C)[C@@H]2CC[C@H]3C. The van der Waals surface area contributed by atoms with Crippen LogP contribution in [0.1, 0.15) is 46.5 Å². The van der Waals surface area contributed by atoms with Crippen LogP contribution in [0.15, 0.2) is 0 Å². The van der Waals surface area contributed by atoms with Gasteiger partial charge in [-0.3, -0.25) is 0 Å². The van der Waals surface area contributed by atoms with E-state index in [4.69, 9.17) is 19.2 Å². The number of rotatable bonds is 2. The number of hydrogen-bond acceptors (Lipinski definition) is 4. The van der Waals surface area contributed by atoms with Crippen molar-refractivity contribution >= 4 is 0 Å². The maximum atomic E-state index is 6.18. The minimum atomic E-state index is -0.422. The number of ether oxygens (including phenoxy) is 2. The van der Waals surface area contributed by atoms with Crippen molar-refractivity contribution in [3.05, 3.63) is 0 Å². The molecule has 7 atom stereocenters. The van der Waals surface area contributed by atoms with Crippen LogP contribution in [0.25, 0.3) is 0 Å². The van der Waals surface area contributed by atoms with Gasteiger partial charge in [-0.2, -0.15) is 0 Å². The Bertz CT molecular complexity index is 347. The zero-order valence-electron chi connectivity index (χ0n) is 13.1. The maximum Gasteiger partial charge on any atom is 0.190 e. The third kappa shape index (κ3) is 2.12. The first-order valence-corrected chi connectivity index (χ1v) is 8.08. The van der Waals surface area contributed by atoms with Gasteiger partial charge in [-0.25, -0.2) is 9.78 Å². The van der Waals surface area contributed by atoms with Gasteiger partial charge in [0.1, 0.15) is 0 Å². The van der Waals surface area contributed by atoms with Crippen molar-refractivity contribution in [2.24, 2.45) is 23.7 Å². The molecule has 2 aliphatic heterocycles. The Kier molecular flexibility index (Phi) is 4.10. The van der Waals surface area contributed by atoms with Crippen molar-refractivity contribution in [3.8, 4) is 0 Å². The van der Waals surface area contributed by atoms with E-state index in [9.17, 15) is 0 Å². The lowest BCUT2D eigenvalue weighted by atomic mass is 9.58. The van der Waals surface area contributed by atoms with Gasteiger partial charge in [-0.1, -0.05) is 13.8 Å². The highest BCUT2D eigenvalue weighted by Crippen LogP contribution is 2.55. The summed E-state index contributed by atoms with van der Waals surface area (Å²) in [5.41, 5.74) is -0.422. The minimum Gasteiger partial charge on any atom is -0.349 e. The Balaban J connectivity index is 2.03. The third-order valence-electron chi connectivity index (χ3n) is 5.81. The fourth-order valence-electron chi connectivity index (χ4n) is 4.81. The van der Waals surface area contributed by atoms with Crippen LogP contribution in [0, 0.1) is 23.7 Å². The molecular weight excluding hydrogens is 256 g/mol. The van der Waals surface area contributed by atoms with Gasteiger partial charge in [0.2, 0.25) is 0 Å². The molecule has 0 amide bonds. The highest BCUT2D eigenvalue weighted by atomic mass is 17.2. The van der Waals surface area contributed by atoms with Crippen molar-refractivity contribution in [3.63, 3.8) is 0 Å². The molecule has 0 aromatic rings. The molecular formula is C16H28O4. The van der Waals surface area contributed by atoms with Gasteiger partial charge in [0.25, 0.3) is 0 Å². The predicted octanol–water partition coefficient (Wildman–Crippen LogP) is 3.16. The summed E-state index contributed by atoms with van der Waals surface area (Å²) in [7, 11) is 1.61. The summed E-state index contributed by atoms with van der Waals surface area (Å²) in [4.78, 5) is 11.2. The summed E-state index contributed by atoms with van der Waals surface area (Å²) < 4.78 is 12.2. The van der Waals surface area contributed by atoms with Gasteiger partial charge in [0, 0.05) is 5.92 Å². The molecule has 2 heterocycles. The predicted molar refractivity (Wildman–Crippen MR) is 74.9 cm³/mol. The fourth-order valence-corrected chi connectivity index (χ4v) is 4.81. The van der Waals surface area contributed by atoms with Crippen molar-refractivity contribution in [1.29, 1.82) is 0 Å². The quantitative estimate of drug-likeness (QED) is 0.576. The summed E-state index contributed by atoms with van der Waals surface area (Å²) in [5, 5.41) is 0. The number of hydrogen-bond donors (Lipinski definition) is 0. The molecule has 2 saturated heterocycles. The highest BCUT2D eigenvalue weighted by Gasteiger charge is 2.63. The van der Waals surface area contributed by atoms with E-state index in [1.165, 1.54) is 12.8 Å². The van der Waals surface area contributed by atoms with E-state index >= 15 is 0 Å². The standard InChI is InChI=1S/C16H28O4/c1-10-5-7-14-11(2)9-18-15-16(14,20-17-4)13(10)8-6-12(3)19-15/h10-15H,5-9H2,1-4H3/t10-,11?,12?,13?,14+,15-,16-/m1/s1. The van der Waals surface area contributed by atoms with Gasteiger partial charge >= 0.3 is 0 Å². The van der Waals surface area contributed by atoms with Crippen LogP contribution >= 0.6 is 0 Å². The molecule has 1 saturated carbocycles. The molecule has 116 valence electrons. The molecule has 3 unspecified atom stereocenters. The molecule has 4 heteroatoms. The Morgan fingerprint density at radius 2 is 1.65 bits per heavy atom. The largest absolute Gasteiger partial charge is 0.349 e. The lowest BCUT2D eigenvalue weighted by Gasteiger charge is -2.56. The van der Waals surface area contributed by atoms with Crippen LogP contribution in [0.4, 0.5) is 0 Å². The second kappa shape index (κ2) is 5.56. The van der Waals surface area contributed by atoms with Crippen molar-refractivity contribution in [2.75, 3.05) is 13.7 Å². The average Bonchev–Trinajstić information content (AvgIpc) is 2.55. The van der Waals surface area contributed by atoms with Crippen LogP contribution in [0.3, 0.4) is 0 Å². The van der Waals surface area contributed by atoms with Gasteiger partial charge < -0.3 is 9.47 Å². The first-order valence-electron chi connectivity index (χ1n) is 8.08. The van der Waals surface area contributed by atoms with Gasteiger partial charge in [0.15, 0.2) is 11.9 Å². The zero-order chi connectivity index (χ0) is 14.3. The normalized spacial score (nSPS) is 52.2. The van der Waals surface area contributed by atoms with Gasteiger partial charge in [-0.05, 0) is 50.4 Å². The summed E-state index contributed by atoms with van der Waals surface area (Å²) in [6.45, 7) is 7.51. The summed E-state index contributed by atoms with van der Waals surface area (Å²) >= 11 is 0. The second-order valence-corrected chi connectivity index (χ2v) is 7.04. The van der Waals surface area contributed by atoms with Crippen LogP contribution in [0.2, 0.25) is 0 Å². The van der Waals surface area contributed by atoms with E-state index < -0.39 is 5.60 Å². The fraction of sp³-hybridized carbons (Fsp3) is 1.00. The average molecular weight is 284 g/mol. The minimum absolute atomic E-state index is 0.226. The smallest absolute Gasteiger partial charge is 0.190 e. The van der Waals surface area contributed by atoms with E-state index in [1.807, 2.05) is 0 Å². The zero-order valence-corrected chi connectivity index (χ0v) is 13.1. The molecule has 3 rings (SSSR count). The monoisotopic (exact) mass is 284 g/mol. The topological polar surface area (TPSA) is 36.9 Å². The maximum absolute atomic E-state index is 6.18. The molecule has 0 aromatic carbocycles. The molecule has 20 heavy (non-hydrogen) atoms. The lowest BCUT2D eigenvalue weighted by Crippen LogP contribution is -2.65. The molecule has 4 nitrogen and oxygen atoms in total. The molecule has 0 bridgehead atoms.